The molecule has 1 rings (SSSR count). The molecule has 0 bridgehead atoms. The average molecular weight is 186 g/mol. The first-order valence-electron chi connectivity index (χ1n) is 3.68. The van der Waals surface area contributed by atoms with Crippen molar-refractivity contribution in [3.8, 4) is 0 Å². The van der Waals surface area contributed by atoms with E-state index in [-0.39, 0.29) is 13.1 Å². The number of nitrogens with one attached hydrogen (secondary N) is 1. The second kappa shape index (κ2) is 3.40. The predicted octanol–water partition coefficient (Wildman–Crippen LogP) is -2.81. The molecule has 0 amide bonds. The first-order chi connectivity index (χ1) is 6.07. The third-order valence-electron chi connectivity index (χ3n) is 1.63. The monoisotopic (exact) mass is 186 g/mol. The molecular formula is C6H10N4O3. The lowest BCUT2D eigenvalue weighted by Gasteiger charge is -2.02. The Morgan fingerprint density at radius 2 is 1.92 bits per heavy atom. The van der Waals surface area contributed by atoms with E-state index in [2.05, 4.69) is 0 Å². The summed E-state index contributed by atoms with van der Waals surface area (Å²) in [5.41, 5.74) is 3.09. The summed E-state index contributed by atoms with van der Waals surface area (Å²) in [6.07, 6.45) is 0. The quantitative estimate of drug-likeness (QED) is 0.520. The van der Waals surface area contributed by atoms with E-state index in [9.17, 15) is 14.4 Å². The van der Waals surface area contributed by atoms with Crippen molar-refractivity contribution in [1.82, 2.24) is 14.1 Å². The molecule has 0 saturated carbocycles. The molecule has 0 spiro atoms. The van der Waals surface area contributed by atoms with E-state index in [1.807, 2.05) is 4.98 Å². The minimum Gasteiger partial charge on any atom is -0.329 e. The molecule has 3 N–H and O–H groups in total. The van der Waals surface area contributed by atoms with Gasteiger partial charge >= 0.3 is 17.1 Å². The van der Waals surface area contributed by atoms with Crippen molar-refractivity contribution in [1.29, 1.82) is 0 Å². The van der Waals surface area contributed by atoms with Gasteiger partial charge < -0.3 is 5.73 Å². The molecule has 0 fully saturated rings. The molecule has 0 aliphatic heterocycles. The smallest absolute Gasteiger partial charge is 0.329 e. The first-order valence-corrected chi connectivity index (χ1v) is 3.68. The van der Waals surface area contributed by atoms with Crippen molar-refractivity contribution in [2.75, 3.05) is 6.54 Å². The van der Waals surface area contributed by atoms with Crippen LogP contribution in [0.5, 0.6) is 0 Å². The van der Waals surface area contributed by atoms with Gasteiger partial charge in [0.2, 0.25) is 0 Å². The number of rotatable bonds is 2. The van der Waals surface area contributed by atoms with Crippen LogP contribution < -0.4 is 22.8 Å². The number of nitrogens with zero attached hydrogens (tertiary/aromatic N) is 2. The van der Waals surface area contributed by atoms with Crippen molar-refractivity contribution < 1.29 is 0 Å². The molecule has 0 unspecified atom stereocenters. The topological polar surface area (TPSA) is 103 Å². The summed E-state index contributed by atoms with van der Waals surface area (Å²) in [6.45, 7) is 0.267. The maximum atomic E-state index is 11.3. The molecule has 0 aromatic carbocycles. The molecule has 72 valence electrons. The molecule has 13 heavy (non-hydrogen) atoms. The standard InChI is InChI=1S/C6H10N4O3/c1-9-4(11)8-5(12)10(3-2-7)6(9)13/h2-3,7H2,1H3,(H,8,11,12). The third-order valence-corrected chi connectivity index (χ3v) is 1.63. The van der Waals surface area contributed by atoms with Crippen molar-refractivity contribution >= 4 is 0 Å². The Balaban J connectivity index is 3.54. The summed E-state index contributed by atoms with van der Waals surface area (Å²) in [7, 11) is 1.29. The first kappa shape index (κ1) is 9.46. The van der Waals surface area contributed by atoms with Gasteiger partial charge in [0.05, 0.1) is 0 Å². The SMILES string of the molecule is Cn1c(=O)[nH]c(=O)n(CCN)c1=O. The van der Waals surface area contributed by atoms with Gasteiger partial charge in [-0.05, 0) is 0 Å². The Morgan fingerprint density at radius 1 is 1.31 bits per heavy atom. The molecule has 7 heteroatoms. The number of hydrogen-bond donors (Lipinski definition) is 2. The number of hydrogen-bond acceptors (Lipinski definition) is 4. The van der Waals surface area contributed by atoms with E-state index < -0.39 is 17.1 Å². The van der Waals surface area contributed by atoms with Crippen LogP contribution in [0.25, 0.3) is 0 Å². The van der Waals surface area contributed by atoms with Crippen molar-refractivity contribution in [3.63, 3.8) is 0 Å². The predicted molar refractivity (Wildman–Crippen MR) is 45.6 cm³/mol. The highest BCUT2D eigenvalue weighted by atomic mass is 16.2. The fraction of sp³-hybridized carbons (Fsp3) is 0.500. The van der Waals surface area contributed by atoms with Crippen LogP contribution in [0.3, 0.4) is 0 Å². The highest BCUT2D eigenvalue weighted by Gasteiger charge is 2.04. The number of aromatic amines is 1. The van der Waals surface area contributed by atoms with Gasteiger partial charge in [0.25, 0.3) is 0 Å². The van der Waals surface area contributed by atoms with Crippen LogP contribution in [0.15, 0.2) is 14.4 Å². The Hall–Kier alpha value is -1.63. The fourth-order valence-electron chi connectivity index (χ4n) is 0.924. The lowest BCUT2D eigenvalue weighted by Crippen LogP contribution is -2.49. The zero-order valence-electron chi connectivity index (χ0n) is 7.11. The van der Waals surface area contributed by atoms with Crippen molar-refractivity contribution in [2.24, 2.45) is 12.8 Å². The summed E-state index contributed by atoms with van der Waals surface area (Å²) >= 11 is 0. The lowest BCUT2D eigenvalue weighted by molar-refractivity contribution is 0.555. The number of nitrogens with two attached hydrogens (primary N) is 1. The summed E-state index contributed by atoms with van der Waals surface area (Å²) in [5, 5.41) is 0. The minimum absolute atomic E-state index is 0.0995. The second-order valence-corrected chi connectivity index (χ2v) is 2.52. The van der Waals surface area contributed by atoms with E-state index >= 15 is 0 Å². The van der Waals surface area contributed by atoms with Gasteiger partial charge in [0.15, 0.2) is 0 Å². The van der Waals surface area contributed by atoms with E-state index in [1.165, 1.54) is 7.05 Å². The summed E-state index contributed by atoms with van der Waals surface area (Å²) < 4.78 is 1.69. The van der Waals surface area contributed by atoms with Gasteiger partial charge in [0.1, 0.15) is 0 Å². The molecule has 0 aliphatic carbocycles. The average Bonchev–Trinajstić information content (AvgIpc) is 2.09. The molecular weight excluding hydrogens is 176 g/mol. The molecule has 1 heterocycles. The van der Waals surface area contributed by atoms with Crippen molar-refractivity contribution in [2.45, 2.75) is 6.54 Å². The molecule has 0 radical (unpaired) electrons. The van der Waals surface area contributed by atoms with E-state index in [0.29, 0.717) is 0 Å². The summed E-state index contributed by atoms with van der Waals surface area (Å²) in [5.74, 6) is 0. The molecule has 0 aliphatic rings. The largest absolute Gasteiger partial charge is 0.336 e. The van der Waals surface area contributed by atoms with Gasteiger partial charge in [-0.25, -0.2) is 23.5 Å². The highest BCUT2D eigenvalue weighted by molar-refractivity contribution is 4.72. The maximum absolute atomic E-state index is 11.3. The highest BCUT2D eigenvalue weighted by Crippen LogP contribution is 1.63. The number of H-pyrrole nitrogens is 1. The van der Waals surface area contributed by atoms with Crippen molar-refractivity contribution in [3.05, 3.63) is 31.5 Å². The fourth-order valence-corrected chi connectivity index (χ4v) is 0.924. The second-order valence-electron chi connectivity index (χ2n) is 2.52. The Bertz CT molecular complexity index is 466. The minimum atomic E-state index is -0.724. The molecule has 0 saturated heterocycles. The van der Waals surface area contributed by atoms with Gasteiger partial charge in [0, 0.05) is 20.1 Å². The zero-order valence-corrected chi connectivity index (χ0v) is 7.11. The third kappa shape index (κ3) is 1.59. The van der Waals surface area contributed by atoms with Crippen LogP contribution in [0.2, 0.25) is 0 Å². The maximum Gasteiger partial charge on any atom is 0.336 e. The summed E-state index contributed by atoms with van der Waals surface area (Å²) in [6, 6.07) is 0. The lowest BCUT2D eigenvalue weighted by atomic mass is 10.6. The van der Waals surface area contributed by atoms with Crippen LogP contribution in [0.4, 0.5) is 0 Å². The molecule has 0 atom stereocenters. The molecule has 7 nitrogen and oxygen atoms in total. The Labute approximate surface area is 72.4 Å². The Kier molecular flexibility index (Phi) is 2.47. The van der Waals surface area contributed by atoms with Gasteiger partial charge in [-0.3, -0.25) is 4.98 Å². The van der Waals surface area contributed by atoms with E-state index in [0.717, 1.165) is 9.13 Å². The van der Waals surface area contributed by atoms with E-state index in [1.54, 1.807) is 0 Å². The number of aromatic nitrogens is 3. The normalized spacial score (nSPS) is 10.3. The van der Waals surface area contributed by atoms with Crippen LogP contribution >= 0.6 is 0 Å². The zero-order chi connectivity index (χ0) is 10.0. The van der Waals surface area contributed by atoms with Gasteiger partial charge in [-0.2, -0.15) is 0 Å². The van der Waals surface area contributed by atoms with Crippen LogP contribution in [0, 0.1) is 0 Å². The van der Waals surface area contributed by atoms with Crippen LogP contribution in [0.1, 0.15) is 0 Å². The molecule has 1 aromatic rings. The van der Waals surface area contributed by atoms with E-state index in [4.69, 9.17) is 5.73 Å². The van der Waals surface area contributed by atoms with Crippen LogP contribution in [-0.4, -0.2) is 20.7 Å². The van der Waals surface area contributed by atoms with Crippen LogP contribution in [-0.2, 0) is 13.6 Å². The molecule has 1 aromatic heterocycles. The Morgan fingerprint density at radius 3 is 2.46 bits per heavy atom. The summed E-state index contributed by atoms with van der Waals surface area (Å²) in [4.78, 5) is 35.2. The van der Waals surface area contributed by atoms with Gasteiger partial charge in [-0.15, -0.1) is 0 Å². The van der Waals surface area contributed by atoms with Gasteiger partial charge in [-0.1, -0.05) is 0 Å².